The van der Waals surface area contributed by atoms with Crippen LogP contribution in [0.25, 0.3) is 0 Å². The molecule has 0 radical (unpaired) electrons. The molecule has 0 N–H and O–H groups in total. The lowest BCUT2D eigenvalue weighted by atomic mass is 10.0. The molecule has 3 heteroatoms. The number of hydrogen-bond acceptors (Lipinski definition) is 3. The lowest BCUT2D eigenvalue weighted by Gasteiger charge is -2.20. The van der Waals surface area contributed by atoms with Gasteiger partial charge in [-0.25, -0.2) is 0 Å². The molecule has 0 saturated carbocycles. The van der Waals surface area contributed by atoms with Gasteiger partial charge in [0.1, 0.15) is 13.2 Å². The van der Waals surface area contributed by atoms with Gasteiger partial charge in [0, 0.05) is 17.5 Å². The van der Waals surface area contributed by atoms with Crippen molar-refractivity contribution < 1.29 is 9.47 Å². The maximum atomic E-state index is 5.62. The highest BCUT2D eigenvalue weighted by Gasteiger charge is 2.15. The third-order valence-corrected chi connectivity index (χ3v) is 3.32. The third-order valence-electron chi connectivity index (χ3n) is 3.32. The second-order valence-corrected chi connectivity index (χ2v) is 4.85. The molecule has 3 nitrogen and oxygen atoms in total. The van der Waals surface area contributed by atoms with E-state index >= 15 is 0 Å². The summed E-state index contributed by atoms with van der Waals surface area (Å²) in [5.74, 6) is 1.65. The van der Waals surface area contributed by atoms with Crippen LogP contribution in [0.5, 0.6) is 11.5 Å². The molecule has 1 aromatic carbocycles. The van der Waals surface area contributed by atoms with Gasteiger partial charge in [-0.05, 0) is 44.9 Å². The number of aliphatic imine (C=N–C) groups is 1. The van der Waals surface area contributed by atoms with E-state index in [9.17, 15) is 0 Å². The summed E-state index contributed by atoms with van der Waals surface area (Å²) in [7, 11) is 0. The second-order valence-electron chi connectivity index (χ2n) is 4.85. The van der Waals surface area contributed by atoms with Gasteiger partial charge in [0.2, 0.25) is 0 Å². The maximum Gasteiger partial charge on any atom is 0.162 e. The fourth-order valence-corrected chi connectivity index (χ4v) is 1.95. The number of allylic oxidation sites excluding steroid dienone is 1. The molecule has 1 aromatic rings. The van der Waals surface area contributed by atoms with Gasteiger partial charge in [-0.15, -0.1) is 0 Å². The summed E-state index contributed by atoms with van der Waals surface area (Å²) in [4.78, 5) is 4.53. The molecule has 102 valence electrons. The van der Waals surface area contributed by atoms with Crippen LogP contribution in [0.4, 0.5) is 0 Å². The van der Waals surface area contributed by atoms with E-state index in [1.54, 1.807) is 0 Å². The minimum Gasteiger partial charge on any atom is -0.486 e. The maximum absolute atomic E-state index is 5.62. The number of nitrogens with zero attached hydrogens (tertiary/aromatic N) is 1. The van der Waals surface area contributed by atoms with Gasteiger partial charge in [-0.2, -0.15) is 0 Å². The SMILES string of the molecule is CC/C(C)=C/N=C(C)c1cc2c(cc1C)OCCO2. The second kappa shape index (κ2) is 5.91. The summed E-state index contributed by atoms with van der Waals surface area (Å²) in [6.45, 7) is 9.55. The average molecular weight is 259 g/mol. The van der Waals surface area contributed by atoms with E-state index in [0.29, 0.717) is 13.2 Å². The van der Waals surface area contributed by atoms with Crippen molar-refractivity contribution in [2.24, 2.45) is 4.99 Å². The molecule has 2 rings (SSSR count). The van der Waals surface area contributed by atoms with Gasteiger partial charge >= 0.3 is 0 Å². The van der Waals surface area contributed by atoms with Gasteiger partial charge in [-0.3, -0.25) is 4.99 Å². The summed E-state index contributed by atoms with van der Waals surface area (Å²) < 4.78 is 11.2. The van der Waals surface area contributed by atoms with Crippen LogP contribution in [-0.4, -0.2) is 18.9 Å². The van der Waals surface area contributed by atoms with E-state index in [-0.39, 0.29) is 0 Å². The fourth-order valence-electron chi connectivity index (χ4n) is 1.95. The molecule has 0 fully saturated rings. The van der Waals surface area contributed by atoms with Crippen molar-refractivity contribution in [3.8, 4) is 11.5 Å². The van der Waals surface area contributed by atoms with E-state index < -0.39 is 0 Å². The summed E-state index contributed by atoms with van der Waals surface area (Å²) in [5.41, 5.74) is 4.55. The molecule has 0 bridgehead atoms. The molecule has 0 unspecified atom stereocenters. The Kier molecular flexibility index (Phi) is 4.25. The molecule has 1 aliphatic rings. The molecule has 0 amide bonds. The highest BCUT2D eigenvalue weighted by molar-refractivity contribution is 6.01. The Hall–Kier alpha value is -1.77. The number of aryl methyl sites for hydroxylation is 1. The predicted molar refractivity (Wildman–Crippen MR) is 78.4 cm³/mol. The van der Waals surface area contributed by atoms with E-state index in [1.807, 2.05) is 25.3 Å². The van der Waals surface area contributed by atoms with Crippen LogP contribution in [0.2, 0.25) is 0 Å². The van der Waals surface area contributed by atoms with Crippen molar-refractivity contribution in [1.29, 1.82) is 0 Å². The largest absolute Gasteiger partial charge is 0.486 e. The first-order valence-corrected chi connectivity index (χ1v) is 6.72. The topological polar surface area (TPSA) is 30.8 Å². The van der Waals surface area contributed by atoms with E-state index in [1.165, 1.54) is 5.57 Å². The molecule has 19 heavy (non-hydrogen) atoms. The monoisotopic (exact) mass is 259 g/mol. The summed E-state index contributed by atoms with van der Waals surface area (Å²) in [6, 6.07) is 4.05. The van der Waals surface area contributed by atoms with Crippen molar-refractivity contribution in [1.82, 2.24) is 0 Å². The normalized spacial score (nSPS) is 15.6. The predicted octanol–water partition coefficient (Wildman–Crippen LogP) is 3.89. The van der Waals surface area contributed by atoms with Crippen LogP contribution in [0.1, 0.15) is 38.3 Å². The van der Waals surface area contributed by atoms with Gasteiger partial charge < -0.3 is 9.47 Å². The van der Waals surface area contributed by atoms with Crippen molar-refractivity contribution in [2.45, 2.75) is 34.1 Å². The number of rotatable bonds is 3. The van der Waals surface area contributed by atoms with Crippen molar-refractivity contribution in [2.75, 3.05) is 13.2 Å². The number of fused-ring (bicyclic) bond motifs is 1. The van der Waals surface area contributed by atoms with E-state index in [4.69, 9.17) is 9.47 Å². The van der Waals surface area contributed by atoms with Crippen molar-refractivity contribution in [3.05, 3.63) is 35.0 Å². The lowest BCUT2D eigenvalue weighted by Crippen LogP contribution is -2.16. The summed E-state index contributed by atoms with van der Waals surface area (Å²) in [6.07, 6.45) is 2.96. The molecule has 0 atom stereocenters. The van der Waals surface area contributed by atoms with Crippen molar-refractivity contribution in [3.63, 3.8) is 0 Å². The van der Waals surface area contributed by atoms with E-state index in [0.717, 1.165) is 34.8 Å². The number of ether oxygens (including phenoxy) is 2. The van der Waals surface area contributed by atoms with E-state index in [2.05, 4.69) is 25.8 Å². The minimum atomic E-state index is 0.612. The zero-order chi connectivity index (χ0) is 13.8. The highest BCUT2D eigenvalue weighted by Crippen LogP contribution is 2.33. The van der Waals surface area contributed by atoms with Crippen LogP contribution in [0.15, 0.2) is 28.9 Å². The third kappa shape index (κ3) is 3.16. The quantitative estimate of drug-likeness (QED) is 0.771. The zero-order valence-electron chi connectivity index (χ0n) is 12.1. The van der Waals surface area contributed by atoms with Crippen LogP contribution in [0, 0.1) is 6.92 Å². The molecule has 0 aromatic heterocycles. The summed E-state index contributed by atoms with van der Waals surface area (Å²) >= 11 is 0. The molecule has 0 spiro atoms. The standard InChI is InChI=1S/C16H21NO2/c1-5-11(2)10-17-13(4)14-9-16-15(8-12(14)3)18-6-7-19-16/h8-10H,5-7H2,1-4H3/b11-10+,17-13?. The Balaban J connectivity index is 2.34. The first kappa shape index (κ1) is 13.7. The highest BCUT2D eigenvalue weighted by atomic mass is 16.6. The number of benzene rings is 1. The minimum absolute atomic E-state index is 0.612. The van der Waals surface area contributed by atoms with Crippen LogP contribution >= 0.6 is 0 Å². The molecular weight excluding hydrogens is 238 g/mol. The lowest BCUT2D eigenvalue weighted by molar-refractivity contribution is 0.171. The molecular formula is C16H21NO2. The Morgan fingerprint density at radius 1 is 1.21 bits per heavy atom. The Bertz CT molecular complexity index is 530. The zero-order valence-corrected chi connectivity index (χ0v) is 12.1. The average Bonchev–Trinajstić information content (AvgIpc) is 2.43. The Morgan fingerprint density at radius 2 is 1.84 bits per heavy atom. The van der Waals surface area contributed by atoms with Crippen LogP contribution in [0.3, 0.4) is 0 Å². The molecule has 0 aliphatic carbocycles. The van der Waals surface area contributed by atoms with Gasteiger partial charge in [0.15, 0.2) is 11.5 Å². The van der Waals surface area contributed by atoms with Crippen LogP contribution < -0.4 is 9.47 Å². The molecule has 1 aliphatic heterocycles. The number of hydrogen-bond donors (Lipinski definition) is 0. The Labute approximate surface area is 115 Å². The first-order valence-electron chi connectivity index (χ1n) is 6.72. The molecule has 1 heterocycles. The molecule has 0 saturated heterocycles. The Morgan fingerprint density at radius 3 is 2.47 bits per heavy atom. The van der Waals surface area contributed by atoms with Crippen molar-refractivity contribution >= 4 is 5.71 Å². The van der Waals surface area contributed by atoms with Gasteiger partial charge in [0.05, 0.1) is 0 Å². The van der Waals surface area contributed by atoms with Gasteiger partial charge in [-0.1, -0.05) is 12.5 Å². The smallest absolute Gasteiger partial charge is 0.162 e. The van der Waals surface area contributed by atoms with Gasteiger partial charge in [0.25, 0.3) is 0 Å². The van der Waals surface area contributed by atoms with Crippen LogP contribution in [-0.2, 0) is 0 Å². The summed E-state index contributed by atoms with van der Waals surface area (Å²) in [5, 5.41) is 0. The fraction of sp³-hybridized carbons (Fsp3) is 0.438. The first-order chi connectivity index (χ1) is 9.11.